The fourth-order valence-electron chi connectivity index (χ4n) is 6.30. The van der Waals surface area contributed by atoms with Gasteiger partial charge in [-0.1, -0.05) is 96.7 Å². The Kier molecular flexibility index (Phi) is 3.62. The van der Waals surface area contributed by atoms with Crippen LogP contribution < -0.4 is 0 Å². The van der Waals surface area contributed by atoms with Crippen molar-refractivity contribution in [2.45, 2.75) is 26.2 Å². The molecule has 0 heteroatoms. The lowest BCUT2D eigenvalue weighted by molar-refractivity contribution is 1.11. The molecular formula is C32H24. The Labute approximate surface area is 188 Å². The molecule has 0 amide bonds. The Bertz CT molecular complexity index is 1640. The van der Waals surface area contributed by atoms with Crippen molar-refractivity contribution in [2.75, 3.05) is 0 Å². The van der Waals surface area contributed by atoms with E-state index in [2.05, 4.69) is 86.4 Å². The molecule has 0 heterocycles. The van der Waals surface area contributed by atoms with Gasteiger partial charge in [-0.05, 0) is 91.9 Å². The standard InChI is InChI=1S/C32H24/c1-3-4-9-25-19(2)15-23-17-21-12-14-28-30-24(16-20-8-6-5-7-10-26(20)30)18-22-11-13-27(29(23)25)31(21)32(22)28/h3-7,9-14,17-18H,1,8,15-16H2,2H3. The second kappa shape index (κ2) is 6.43. The molecule has 0 saturated heterocycles. The van der Waals surface area contributed by atoms with Gasteiger partial charge in [0.05, 0.1) is 0 Å². The smallest absolute Gasteiger partial charge is 0.00201 e. The average Bonchev–Trinajstić information content (AvgIpc) is 3.21. The van der Waals surface area contributed by atoms with Crippen molar-refractivity contribution >= 4 is 43.5 Å². The van der Waals surface area contributed by atoms with E-state index in [1.54, 1.807) is 5.57 Å². The first kappa shape index (κ1) is 18.0. The van der Waals surface area contributed by atoms with Gasteiger partial charge in [0.2, 0.25) is 0 Å². The van der Waals surface area contributed by atoms with Crippen molar-refractivity contribution < 1.29 is 0 Å². The lowest BCUT2D eigenvalue weighted by Gasteiger charge is -2.18. The van der Waals surface area contributed by atoms with Crippen molar-refractivity contribution in [1.29, 1.82) is 0 Å². The Morgan fingerprint density at radius 1 is 0.844 bits per heavy atom. The number of rotatable bonds is 2. The van der Waals surface area contributed by atoms with Crippen LogP contribution in [0.1, 0.15) is 35.6 Å². The molecule has 0 fully saturated rings. The minimum atomic E-state index is 1.03. The third kappa shape index (κ3) is 2.27. The summed E-state index contributed by atoms with van der Waals surface area (Å²) >= 11 is 0. The van der Waals surface area contributed by atoms with Gasteiger partial charge in [0.15, 0.2) is 0 Å². The lowest BCUT2D eigenvalue weighted by Crippen LogP contribution is -1.94. The van der Waals surface area contributed by atoms with Crippen molar-refractivity contribution in [2.24, 2.45) is 0 Å². The van der Waals surface area contributed by atoms with Gasteiger partial charge >= 0.3 is 0 Å². The van der Waals surface area contributed by atoms with Crippen LogP contribution in [0.3, 0.4) is 0 Å². The Morgan fingerprint density at radius 3 is 2.31 bits per heavy atom. The van der Waals surface area contributed by atoms with E-state index in [0.717, 1.165) is 19.3 Å². The number of hydrogen-bond acceptors (Lipinski definition) is 0. The highest BCUT2D eigenvalue weighted by Crippen LogP contribution is 2.48. The maximum absolute atomic E-state index is 3.88. The molecule has 0 unspecified atom stereocenters. The summed E-state index contributed by atoms with van der Waals surface area (Å²) in [5.74, 6) is 0. The molecule has 0 atom stereocenters. The molecule has 152 valence electrons. The van der Waals surface area contributed by atoms with Gasteiger partial charge in [0.25, 0.3) is 0 Å². The molecule has 0 aromatic heterocycles. The Balaban J connectivity index is 1.60. The molecule has 3 aliphatic carbocycles. The largest absolute Gasteiger partial charge is 0.0991 e. The first-order valence-electron chi connectivity index (χ1n) is 11.6. The Hall–Kier alpha value is -3.64. The van der Waals surface area contributed by atoms with Gasteiger partial charge in [-0.3, -0.25) is 0 Å². The predicted molar refractivity (Wildman–Crippen MR) is 139 cm³/mol. The second-order valence-electron chi connectivity index (χ2n) is 9.39. The van der Waals surface area contributed by atoms with Crippen LogP contribution in [-0.2, 0) is 12.8 Å². The summed E-state index contributed by atoms with van der Waals surface area (Å²) in [5.41, 5.74) is 11.6. The van der Waals surface area contributed by atoms with Gasteiger partial charge < -0.3 is 0 Å². The van der Waals surface area contributed by atoms with Crippen LogP contribution in [0.15, 0.2) is 96.7 Å². The summed E-state index contributed by atoms with van der Waals surface area (Å²) in [6.07, 6.45) is 18.3. The predicted octanol–water partition coefficient (Wildman–Crippen LogP) is 8.48. The third-order valence-electron chi connectivity index (χ3n) is 7.58. The minimum Gasteiger partial charge on any atom is -0.0991 e. The monoisotopic (exact) mass is 408 g/mol. The molecule has 3 aliphatic rings. The maximum atomic E-state index is 3.88. The third-order valence-corrected chi connectivity index (χ3v) is 7.58. The molecule has 0 aliphatic heterocycles. The van der Waals surface area contributed by atoms with Gasteiger partial charge in [-0.15, -0.1) is 0 Å². The topological polar surface area (TPSA) is 0 Å². The zero-order valence-corrected chi connectivity index (χ0v) is 18.3. The minimum absolute atomic E-state index is 1.03. The summed E-state index contributed by atoms with van der Waals surface area (Å²) in [5, 5.41) is 8.39. The molecule has 0 saturated carbocycles. The van der Waals surface area contributed by atoms with Gasteiger partial charge in [0, 0.05) is 0 Å². The zero-order chi connectivity index (χ0) is 21.4. The number of fused-ring (bicyclic) bond motifs is 5. The number of benzene rings is 4. The molecule has 0 nitrogen and oxygen atoms in total. The molecule has 32 heavy (non-hydrogen) atoms. The normalized spacial score (nSPS) is 17.3. The zero-order valence-electron chi connectivity index (χ0n) is 18.3. The van der Waals surface area contributed by atoms with Crippen LogP contribution >= 0.6 is 0 Å². The van der Waals surface area contributed by atoms with E-state index in [-0.39, 0.29) is 0 Å². The highest BCUT2D eigenvalue weighted by atomic mass is 14.3. The van der Waals surface area contributed by atoms with Crippen LogP contribution in [0.5, 0.6) is 0 Å². The fraction of sp³-hybridized carbons (Fsp3) is 0.125. The van der Waals surface area contributed by atoms with Crippen LogP contribution in [0.25, 0.3) is 43.5 Å². The summed E-state index contributed by atoms with van der Waals surface area (Å²) in [7, 11) is 0. The summed E-state index contributed by atoms with van der Waals surface area (Å²) < 4.78 is 0. The first-order valence-corrected chi connectivity index (χ1v) is 11.6. The second-order valence-corrected chi connectivity index (χ2v) is 9.39. The molecule has 0 radical (unpaired) electrons. The quantitative estimate of drug-likeness (QED) is 0.230. The van der Waals surface area contributed by atoms with E-state index in [9.17, 15) is 0 Å². The maximum Gasteiger partial charge on any atom is -0.00201 e. The van der Waals surface area contributed by atoms with Crippen LogP contribution in [0.2, 0.25) is 0 Å². The highest BCUT2D eigenvalue weighted by Gasteiger charge is 2.26. The molecule has 4 aromatic carbocycles. The summed E-state index contributed by atoms with van der Waals surface area (Å²) in [6.45, 7) is 6.15. The van der Waals surface area contributed by atoms with Gasteiger partial charge in [-0.2, -0.15) is 0 Å². The van der Waals surface area contributed by atoms with Crippen LogP contribution in [0.4, 0.5) is 0 Å². The van der Waals surface area contributed by atoms with E-state index in [4.69, 9.17) is 0 Å². The molecule has 4 aromatic rings. The van der Waals surface area contributed by atoms with Crippen LogP contribution in [0, 0.1) is 0 Å². The fourth-order valence-corrected chi connectivity index (χ4v) is 6.30. The number of hydrogen-bond donors (Lipinski definition) is 0. The average molecular weight is 409 g/mol. The highest BCUT2D eigenvalue weighted by molar-refractivity contribution is 6.27. The van der Waals surface area contributed by atoms with Crippen molar-refractivity contribution in [1.82, 2.24) is 0 Å². The van der Waals surface area contributed by atoms with Crippen LogP contribution in [-0.4, -0.2) is 0 Å². The van der Waals surface area contributed by atoms with Gasteiger partial charge in [0.1, 0.15) is 0 Å². The van der Waals surface area contributed by atoms with Crippen molar-refractivity contribution in [3.05, 3.63) is 119 Å². The van der Waals surface area contributed by atoms with Crippen molar-refractivity contribution in [3.63, 3.8) is 0 Å². The van der Waals surface area contributed by atoms with Gasteiger partial charge in [-0.25, -0.2) is 0 Å². The van der Waals surface area contributed by atoms with E-state index in [1.165, 1.54) is 71.3 Å². The molecule has 0 N–H and O–H groups in total. The SMILES string of the molecule is C=CC=CC1=C(C)Cc2cc3ccc4c5c(cc6ccc(c21)c3c64)CC1=C5C=CC=CC1. The van der Waals surface area contributed by atoms with E-state index < -0.39 is 0 Å². The molecule has 0 spiro atoms. The molecule has 0 bridgehead atoms. The summed E-state index contributed by atoms with van der Waals surface area (Å²) in [4.78, 5) is 0. The van der Waals surface area contributed by atoms with Crippen molar-refractivity contribution in [3.8, 4) is 0 Å². The first-order chi connectivity index (χ1) is 15.7. The molecular weight excluding hydrogens is 384 g/mol. The molecule has 7 rings (SSSR count). The van der Waals surface area contributed by atoms with E-state index in [1.807, 2.05) is 6.08 Å². The lowest BCUT2D eigenvalue weighted by atomic mass is 9.85. The van der Waals surface area contributed by atoms with E-state index in [0.29, 0.717) is 0 Å². The summed E-state index contributed by atoms with van der Waals surface area (Å²) in [6, 6.07) is 14.3. The van der Waals surface area contributed by atoms with E-state index >= 15 is 0 Å². The Morgan fingerprint density at radius 2 is 1.56 bits per heavy atom. The number of allylic oxidation sites excluding steroid dienone is 11.